The molecule has 0 aliphatic carbocycles. The lowest BCUT2D eigenvalue weighted by Crippen LogP contribution is -2.14. The van der Waals surface area contributed by atoms with Crippen molar-refractivity contribution in [1.29, 1.82) is 0 Å². The topological polar surface area (TPSA) is 101 Å². The summed E-state index contributed by atoms with van der Waals surface area (Å²) in [5, 5.41) is 16.3. The Balaban J connectivity index is 1.67. The number of nitro benzene ring substituents is 1. The van der Waals surface area contributed by atoms with Crippen LogP contribution >= 0.6 is 0 Å². The van der Waals surface area contributed by atoms with Crippen LogP contribution in [0.2, 0.25) is 0 Å². The van der Waals surface area contributed by atoms with Crippen molar-refractivity contribution in [2.24, 2.45) is 0 Å². The monoisotopic (exact) mass is 401 g/mol. The summed E-state index contributed by atoms with van der Waals surface area (Å²) in [6, 6.07) is 20.0. The molecule has 3 aromatic rings. The smallest absolute Gasteiger partial charge is 0.269 e. The maximum atomic E-state index is 12.4. The third-order valence-corrected chi connectivity index (χ3v) is 4.41. The number of amides is 2. The van der Waals surface area contributed by atoms with E-state index in [-0.39, 0.29) is 17.5 Å². The zero-order valence-electron chi connectivity index (χ0n) is 16.2. The van der Waals surface area contributed by atoms with Gasteiger partial charge in [-0.15, -0.1) is 0 Å². The summed E-state index contributed by atoms with van der Waals surface area (Å²) in [6.45, 7) is 1.80. The van der Waals surface area contributed by atoms with Gasteiger partial charge in [-0.3, -0.25) is 19.7 Å². The number of non-ortho nitro benzene ring substituents is 1. The zero-order chi connectivity index (χ0) is 21.5. The van der Waals surface area contributed by atoms with E-state index < -0.39 is 4.92 Å². The normalized spacial score (nSPS) is 10.6. The minimum atomic E-state index is -0.480. The van der Waals surface area contributed by atoms with Gasteiger partial charge in [-0.25, -0.2) is 0 Å². The molecule has 30 heavy (non-hydrogen) atoms. The predicted molar refractivity (Wildman–Crippen MR) is 116 cm³/mol. The van der Waals surface area contributed by atoms with E-state index in [9.17, 15) is 19.7 Å². The molecule has 2 amide bonds. The second kappa shape index (κ2) is 9.29. The van der Waals surface area contributed by atoms with Gasteiger partial charge in [-0.2, -0.15) is 0 Å². The van der Waals surface area contributed by atoms with Gasteiger partial charge in [0.2, 0.25) is 5.91 Å². The van der Waals surface area contributed by atoms with E-state index in [1.54, 1.807) is 67.6 Å². The molecule has 0 aromatic heterocycles. The highest BCUT2D eigenvalue weighted by Crippen LogP contribution is 2.24. The number of carbonyl (C=O) groups is 2. The average molecular weight is 401 g/mol. The molecular formula is C23H19N3O4. The molecular weight excluding hydrogens is 382 g/mol. The molecule has 0 unspecified atom stereocenters. The molecule has 0 saturated heterocycles. The Morgan fingerprint density at radius 1 is 0.867 bits per heavy atom. The van der Waals surface area contributed by atoms with E-state index in [0.717, 1.165) is 5.56 Å². The van der Waals surface area contributed by atoms with Crippen LogP contribution in [0.4, 0.5) is 17.1 Å². The fourth-order valence-electron chi connectivity index (χ4n) is 2.74. The summed E-state index contributed by atoms with van der Waals surface area (Å²) in [4.78, 5) is 34.9. The van der Waals surface area contributed by atoms with Crippen molar-refractivity contribution in [2.45, 2.75) is 6.92 Å². The van der Waals surface area contributed by atoms with Gasteiger partial charge in [0.05, 0.1) is 4.92 Å². The zero-order valence-corrected chi connectivity index (χ0v) is 16.2. The Morgan fingerprint density at radius 2 is 1.50 bits per heavy atom. The second-order valence-corrected chi connectivity index (χ2v) is 6.47. The van der Waals surface area contributed by atoms with Crippen LogP contribution in [-0.4, -0.2) is 16.7 Å². The lowest BCUT2D eigenvalue weighted by Gasteiger charge is -2.13. The molecule has 7 heteroatoms. The van der Waals surface area contributed by atoms with E-state index in [1.807, 2.05) is 6.07 Å². The Kier molecular flexibility index (Phi) is 6.34. The molecule has 0 atom stereocenters. The van der Waals surface area contributed by atoms with Crippen LogP contribution in [0.3, 0.4) is 0 Å². The standard InChI is InChI=1S/C23H19N3O4/c1-16-20(8-5-9-21(16)25-23(28)18-6-3-2-4-7-18)24-22(27)15-12-17-10-13-19(14-11-17)26(29)30/h2-15H,1H3,(H,24,27)(H,25,28). The number of rotatable bonds is 6. The molecule has 0 aliphatic rings. The molecule has 3 aromatic carbocycles. The maximum absolute atomic E-state index is 12.4. The Labute approximate surface area is 173 Å². The average Bonchev–Trinajstić information content (AvgIpc) is 2.76. The molecule has 0 bridgehead atoms. The van der Waals surface area contributed by atoms with E-state index in [0.29, 0.717) is 22.5 Å². The molecule has 0 saturated carbocycles. The van der Waals surface area contributed by atoms with Crippen LogP contribution in [0.1, 0.15) is 21.5 Å². The third kappa shape index (κ3) is 5.17. The first kappa shape index (κ1) is 20.5. The first-order valence-corrected chi connectivity index (χ1v) is 9.13. The SMILES string of the molecule is Cc1c(NC(=O)C=Cc2ccc([N+](=O)[O-])cc2)cccc1NC(=O)c1ccccc1. The number of hydrogen-bond acceptors (Lipinski definition) is 4. The van der Waals surface area contributed by atoms with Gasteiger partial charge >= 0.3 is 0 Å². The highest BCUT2D eigenvalue weighted by atomic mass is 16.6. The molecule has 0 heterocycles. The van der Waals surface area contributed by atoms with E-state index >= 15 is 0 Å². The summed E-state index contributed by atoms with van der Waals surface area (Å²) in [6.07, 6.45) is 2.91. The number of benzene rings is 3. The molecule has 3 rings (SSSR count). The van der Waals surface area contributed by atoms with Crippen molar-refractivity contribution >= 4 is 35.0 Å². The summed E-state index contributed by atoms with van der Waals surface area (Å²) in [5.74, 6) is -0.594. The number of nitro groups is 1. The van der Waals surface area contributed by atoms with Crippen LogP contribution in [0, 0.1) is 17.0 Å². The second-order valence-electron chi connectivity index (χ2n) is 6.47. The Bertz CT molecular complexity index is 1110. The summed E-state index contributed by atoms with van der Waals surface area (Å²) in [7, 11) is 0. The number of hydrogen-bond donors (Lipinski definition) is 2. The van der Waals surface area contributed by atoms with E-state index in [2.05, 4.69) is 10.6 Å². The lowest BCUT2D eigenvalue weighted by molar-refractivity contribution is -0.384. The number of anilines is 2. The van der Waals surface area contributed by atoms with E-state index in [4.69, 9.17) is 0 Å². The van der Waals surface area contributed by atoms with Gasteiger partial charge in [0.15, 0.2) is 0 Å². The van der Waals surface area contributed by atoms with Crippen LogP contribution in [-0.2, 0) is 4.79 Å². The number of carbonyl (C=O) groups excluding carboxylic acids is 2. The minimum absolute atomic E-state index is 0.0124. The van der Waals surface area contributed by atoms with Crippen LogP contribution in [0.5, 0.6) is 0 Å². The number of nitrogens with zero attached hydrogens (tertiary/aromatic N) is 1. The van der Waals surface area contributed by atoms with Crippen molar-refractivity contribution in [3.8, 4) is 0 Å². The summed E-state index contributed by atoms with van der Waals surface area (Å²) in [5.41, 5.74) is 3.08. The third-order valence-electron chi connectivity index (χ3n) is 4.41. The Morgan fingerprint density at radius 3 is 2.13 bits per heavy atom. The maximum Gasteiger partial charge on any atom is 0.269 e. The fraction of sp³-hybridized carbons (Fsp3) is 0.0435. The highest BCUT2D eigenvalue weighted by Gasteiger charge is 2.10. The first-order chi connectivity index (χ1) is 14.4. The van der Waals surface area contributed by atoms with Crippen molar-refractivity contribution in [3.05, 3.63) is 106 Å². The summed E-state index contributed by atoms with van der Waals surface area (Å²) < 4.78 is 0. The highest BCUT2D eigenvalue weighted by molar-refractivity contribution is 6.06. The first-order valence-electron chi connectivity index (χ1n) is 9.13. The Hall–Kier alpha value is -4.26. The molecule has 0 radical (unpaired) electrons. The van der Waals surface area contributed by atoms with Gasteiger partial charge in [0.25, 0.3) is 11.6 Å². The van der Waals surface area contributed by atoms with Gasteiger partial charge in [0.1, 0.15) is 0 Å². The summed E-state index contributed by atoms with van der Waals surface area (Å²) >= 11 is 0. The van der Waals surface area contributed by atoms with Crippen molar-refractivity contribution in [1.82, 2.24) is 0 Å². The van der Waals surface area contributed by atoms with Crippen LogP contribution in [0.25, 0.3) is 6.08 Å². The lowest BCUT2D eigenvalue weighted by atomic mass is 10.1. The van der Waals surface area contributed by atoms with Crippen molar-refractivity contribution in [2.75, 3.05) is 10.6 Å². The predicted octanol–water partition coefficient (Wildman–Crippen LogP) is 4.81. The molecule has 7 nitrogen and oxygen atoms in total. The van der Waals surface area contributed by atoms with Crippen LogP contribution < -0.4 is 10.6 Å². The molecule has 150 valence electrons. The molecule has 0 fully saturated rings. The largest absolute Gasteiger partial charge is 0.322 e. The van der Waals surface area contributed by atoms with Crippen molar-refractivity contribution < 1.29 is 14.5 Å². The molecule has 0 aliphatic heterocycles. The quantitative estimate of drug-likeness (QED) is 0.352. The number of nitrogens with one attached hydrogen (secondary N) is 2. The van der Waals surface area contributed by atoms with Crippen molar-refractivity contribution in [3.63, 3.8) is 0 Å². The van der Waals surface area contributed by atoms with Crippen LogP contribution in [0.15, 0.2) is 78.9 Å². The van der Waals surface area contributed by atoms with E-state index in [1.165, 1.54) is 18.2 Å². The van der Waals surface area contributed by atoms with Gasteiger partial charge in [0, 0.05) is 35.1 Å². The van der Waals surface area contributed by atoms with Gasteiger partial charge < -0.3 is 10.6 Å². The molecule has 2 N–H and O–H groups in total. The van der Waals surface area contributed by atoms with Gasteiger partial charge in [-0.05, 0) is 60.5 Å². The van der Waals surface area contributed by atoms with Gasteiger partial charge in [-0.1, -0.05) is 24.3 Å². The minimum Gasteiger partial charge on any atom is -0.322 e. The fourth-order valence-corrected chi connectivity index (χ4v) is 2.74. The molecule has 0 spiro atoms.